The largest absolute Gasteiger partial charge is 0.371 e. The molecule has 2 aromatic carbocycles. The van der Waals surface area contributed by atoms with E-state index < -0.39 is 0 Å². The van der Waals surface area contributed by atoms with Crippen molar-refractivity contribution in [1.82, 2.24) is 5.32 Å². The normalized spacial score (nSPS) is 18.7. The highest BCUT2D eigenvalue weighted by Crippen LogP contribution is 2.37. The van der Waals surface area contributed by atoms with Crippen LogP contribution in [0, 0.1) is 0 Å². The number of nitrogens with one attached hydrogen (secondary N) is 1. The van der Waals surface area contributed by atoms with Crippen molar-refractivity contribution in [3.63, 3.8) is 0 Å². The predicted molar refractivity (Wildman–Crippen MR) is 88.6 cm³/mol. The van der Waals surface area contributed by atoms with Crippen molar-refractivity contribution in [2.45, 2.75) is 15.9 Å². The molecule has 0 bridgehead atoms. The fraction of sp³-hybridized carbons (Fsp3) is 0.250. The lowest BCUT2D eigenvalue weighted by Crippen LogP contribution is -2.33. The number of morpholine rings is 1. The average Bonchev–Trinajstić information content (AvgIpc) is 2.53. The van der Waals surface area contributed by atoms with E-state index in [1.165, 1.54) is 5.56 Å². The molecule has 0 aromatic heterocycles. The van der Waals surface area contributed by atoms with E-state index >= 15 is 0 Å². The Kier molecular flexibility index (Phi) is 5.09. The van der Waals surface area contributed by atoms with Crippen LogP contribution in [0.1, 0.15) is 11.7 Å². The summed E-state index contributed by atoms with van der Waals surface area (Å²) >= 11 is 13.9. The van der Waals surface area contributed by atoms with Crippen molar-refractivity contribution < 1.29 is 4.74 Å². The molecule has 1 saturated heterocycles. The van der Waals surface area contributed by atoms with Gasteiger partial charge in [0.15, 0.2) is 0 Å². The Morgan fingerprint density at radius 2 is 1.90 bits per heavy atom. The van der Waals surface area contributed by atoms with Gasteiger partial charge in [-0.1, -0.05) is 53.2 Å². The third kappa shape index (κ3) is 3.74. The SMILES string of the molecule is Clc1cccc(Sc2ccc(C3CNCCO3)cc2)c1Cl. The Morgan fingerprint density at radius 3 is 2.62 bits per heavy atom. The Labute approximate surface area is 138 Å². The zero-order valence-electron chi connectivity index (χ0n) is 11.3. The van der Waals surface area contributed by atoms with Crippen LogP contribution >= 0.6 is 35.0 Å². The van der Waals surface area contributed by atoms with Crippen LogP contribution < -0.4 is 5.32 Å². The molecule has 1 fully saturated rings. The summed E-state index contributed by atoms with van der Waals surface area (Å²) in [5.74, 6) is 0. The summed E-state index contributed by atoms with van der Waals surface area (Å²) in [5.41, 5.74) is 1.20. The van der Waals surface area contributed by atoms with Gasteiger partial charge in [0.05, 0.1) is 22.8 Å². The molecule has 5 heteroatoms. The van der Waals surface area contributed by atoms with E-state index in [-0.39, 0.29) is 6.10 Å². The number of hydrogen-bond donors (Lipinski definition) is 1. The van der Waals surface area contributed by atoms with Crippen LogP contribution in [-0.4, -0.2) is 19.7 Å². The topological polar surface area (TPSA) is 21.3 Å². The van der Waals surface area contributed by atoms with Crippen LogP contribution in [0.3, 0.4) is 0 Å². The van der Waals surface area contributed by atoms with Gasteiger partial charge in [0.25, 0.3) is 0 Å². The molecule has 1 unspecified atom stereocenters. The highest BCUT2D eigenvalue weighted by atomic mass is 35.5. The molecule has 0 saturated carbocycles. The van der Waals surface area contributed by atoms with Gasteiger partial charge in [0, 0.05) is 22.9 Å². The van der Waals surface area contributed by atoms with Crippen LogP contribution in [0.2, 0.25) is 10.0 Å². The third-order valence-electron chi connectivity index (χ3n) is 3.32. The standard InChI is InChI=1S/C16H15Cl2NOS/c17-13-2-1-3-15(16(13)18)21-12-6-4-11(5-7-12)14-10-19-8-9-20-14/h1-7,14,19H,8-10H2. The van der Waals surface area contributed by atoms with Gasteiger partial charge < -0.3 is 10.1 Å². The number of rotatable bonds is 3. The minimum Gasteiger partial charge on any atom is -0.371 e. The smallest absolute Gasteiger partial charge is 0.0949 e. The first-order valence-electron chi connectivity index (χ1n) is 6.78. The molecular weight excluding hydrogens is 325 g/mol. The minimum absolute atomic E-state index is 0.146. The van der Waals surface area contributed by atoms with Crippen molar-refractivity contribution in [1.29, 1.82) is 0 Å². The molecule has 0 spiro atoms. The first-order chi connectivity index (χ1) is 10.2. The maximum atomic E-state index is 6.22. The van der Waals surface area contributed by atoms with Crippen LogP contribution in [0.25, 0.3) is 0 Å². The first-order valence-corrected chi connectivity index (χ1v) is 8.35. The molecule has 0 aliphatic carbocycles. The molecule has 21 heavy (non-hydrogen) atoms. The maximum absolute atomic E-state index is 6.22. The number of hydrogen-bond acceptors (Lipinski definition) is 3. The molecule has 110 valence electrons. The molecule has 0 amide bonds. The van der Waals surface area contributed by atoms with Crippen molar-refractivity contribution in [2.24, 2.45) is 0 Å². The summed E-state index contributed by atoms with van der Waals surface area (Å²) in [4.78, 5) is 2.10. The molecule has 2 nitrogen and oxygen atoms in total. The summed E-state index contributed by atoms with van der Waals surface area (Å²) < 4.78 is 5.75. The highest BCUT2D eigenvalue weighted by molar-refractivity contribution is 7.99. The molecule has 2 aromatic rings. The molecule has 1 heterocycles. The van der Waals surface area contributed by atoms with Gasteiger partial charge in [-0.05, 0) is 29.8 Å². The van der Waals surface area contributed by atoms with Crippen molar-refractivity contribution in [2.75, 3.05) is 19.7 Å². The van der Waals surface area contributed by atoms with E-state index in [0.29, 0.717) is 10.0 Å². The van der Waals surface area contributed by atoms with Gasteiger partial charge in [-0.15, -0.1) is 0 Å². The lowest BCUT2D eigenvalue weighted by atomic mass is 10.1. The van der Waals surface area contributed by atoms with Crippen LogP contribution in [0.4, 0.5) is 0 Å². The zero-order chi connectivity index (χ0) is 14.7. The van der Waals surface area contributed by atoms with Crippen LogP contribution in [0.5, 0.6) is 0 Å². The molecule has 0 radical (unpaired) electrons. The summed E-state index contributed by atoms with van der Waals surface area (Å²) in [7, 11) is 0. The minimum atomic E-state index is 0.146. The lowest BCUT2D eigenvalue weighted by Gasteiger charge is -2.24. The second-order valence-electron chi connectivity index (χ2n) is 4.79. The van der Waals surface area contributed by atoms with E-state index in [9.17, 15) is 0 Å². The Bertz CT molecular complexity index is 612. The zero-order valence-corrected chi connectivity index (χ0v) is 13.6. The fourth-order valence-electron chi connectivity index (χ4n) is 2.22. The molecular formula is C16H15Cl2NOS. The second-order valence-corrected chi connectivity index (χ2v) is 6.69. The first kappa shape index (κ1) is 15.2. The predicted octanol–water partition coefficient (Wildman–Crippen LogP) is 4.81. The average molecular weight is 340 g/mol. The monoisotopic (exact) mass is 339 g/mol. The molecule has 1 aliphatic rings. The van der Waals surface area contributed by atoms with E-state index in [1.54, 1.807) is 17.8 Å². The second kappa shape index (κ2) is 7.03. The van der Waals surface area contributed by atoms with Crippen LogP contribution in [0.15, 0.2) is 52.3 Å². The molecule has 3 rings (SSSR count). The van der Waals surface area contributed by atoms with E-state index in [0.717, 1.165) is 29.5 Å². The van der Waals surface area contributed by atoms with E-state index in [2.05, 4.69) is 29.6 Å². The number of benzene rings is 2. The summed E-state index contributed by atoms with van der Waals surface area (Å²) in [6.45, 7) is 2.56. The number of ether oxygens (including phenoxy) is 1. The van der Waals surface area contributed by atoms with Gasteiger partial charge in [0.2, 0.25) is 0 Å². The number of halogens is 2. The maximum Gasteiger partial charge on any atom is 0.0949 e. The highest BCUT2D eigenvalue weighted by Gasteiger charge is 2.15. The van der Waals surface area contributed by atoms with Crippen molar-refractivity contribution in [3.8, 4) is 0 Å². The van der Waals surface area contributed by atoms with Crippen molar-refractivity contribution in [3.05, 3.63) is 58.1 Å². The third-order valence-corrected chi connectivity index (χ3v) is 5.32. The Balaban J connectivity index is 1.73. The molecule has 1 atom stereocenters. The van der Waals surface area contributed by atoms with Gasteiger partial charge >= 0.3 is 0 Å². The lowest BCUT2D eigenvalue weighted by molar-refractivity contribution is 0.0277. The van der Waals surface area contributed by atoms with Gasteiger partial charge in [-0.25, -0.2) is 0 Å². The van der Waals surface area contributed by atoms with Gasteiger partial charge in [-0.2, -0.15) is 0 Å². The summed E-state index contributed by atoms with van der Waals surface area (Å²) in [6.07, 6.45) is 0.146. The summed E-state index contributed by atoms with van der Waals surface area (Å²) in [5, 5.41) is 4.53. The fourth-order valence-corrected chi connectivity index (χ4v) is 3.56. The summed E-state index contributed by atoms with van der Waals surface area (Å²) in [6, 6.07) is 14.1. The Morgan fingerprint density at radius 1 is 1.10 bits per heavy atom. The van der Waals surface area contributed by atoms with E-state index in [4.69, 9.17) is 27.9 Å². The molecule has 1 aliphatic heterocycles. The quantitative estimate of drug-likeness (QED) is 0.867. The Hall–Kier alpha value is -0.710. The van der Waals surface area contributed by atoms with Gasteiger partial charge in [0.1, 0.15) is 0 Å². The molecule has 1 N–H and O–H groups in total. The van der Waals surface area contributed by atoms with E-state index in [1.807, 2.05) is 12.1 Å². The van der Waals surface area contributed by atoms with Crippen molar-refractivity contribution >= 4 is 35.0 Å². The van der Waals surface area contributed by atoms with Gasteiger partial charge in [-0.3, -0.25) is 0 Å². The van der Waals surface area contributed by atoms with Crippen LogP contribution in [-0.2, 0) is 4.74 Å².